The van der Waals surface area contributed by atoms with Gasteiger partial charge in [0.25, 0.3) is 15.7 Å². The van der Waals surface area contributed by atoms with Gasteiger partial charge < -0.3 is 9.47 Å². The molecule has 1 atom stereocenters. The summed E-state index contributed by atoms with van der Waals surface area (Å²) in [6, 6.07) is 11.6. The molecule has 0 radical (unpaired) electrons. The van der Waals surface area contributed by atoms with Gasteiger partial charge in [0.05, 0.1) is 11.7 Å². The van der Waals surface area contributed by atoms with Gasteiger partial charge in [-0.15, -0.1) is 0 Å². The minimum atomic E-state index is -4.38. The average Bonchev–Trinajstić information content (AvgIpc) is 2.74. The first-order valence-electron chi connectivity index (χ1n) is 10.5. The molecule has 1 N–H and O–H groups in total. The number of halogens is 1. The van der Waals surface area contributed by atoms with Crippen LogP contribution in [-0.2, 0) is 22.3 Å². The summed E-state index contributed by atoms with van der Waals surface area (Å²) < 4.78 is 45.8. The normalized spacial score (nSPS) is 12.9. The molecule has 10 heteroatoms. The molecule has 0 amide bonds. The summed E-state index contributed by atoms with van der Waals surface area (Å²) in [5, 5.41) is 4.11. The van der Waals surface area contributed by atoms with E-state index in [1.54, 1.807) is 43.3 Å². The Bertz CT molecular complexity index is 1350. The topological polar surface area (TPSA) is 108 Å². The highest BCUT2D eigenvalue weighted by Gasteiger charge is 2.21. The zero-order valence-electron chi connectivity index (χ0n) is 19.6. The zero-order valence-corrected chi connectivity index (χ0v) is 21.1. The van der Waals surface area contributed by atoms with Crippen LogP contribution in [0.3, 0.4) is 0 Å². The molecule has 0 spiro atoms. The molecular weight excluding hydrogens is 480 g/mol. The molecule has 0 aliphatic heterocycles. The van der Waals surface area contributed by atoms with E-state index in [0.29, 0.717) is 11.3 Å². The van der Waals surface area contributed by atoms with Crippen molar-refractivity contribution < 1.29 is 22.4 Å². The number of aryl methyl sites for hydroxylation is 1. The molecule has 1 aromatic heterocycles. The molecule has 1 unspecified atom stereocenters. The maximum Gasteiger partial charge on any atom is 0.294 e. The Morgan fingerprint density at radius 1 is 1.15 bits per heavy atom. The van der Waals surface area contributed by atoms with Crippen LogP contribution < -0.4 is 15.0 Å². The van der Waals surface area contributed by atoms with Crippen LogP contribution in [0.2, 0.25) is 5.02 Å². The summed E-state index contributed by atoms with van der Waals surface area (Å²) in [6.07, 6.45) is 0.793. The monoisotopic (exact) mass is 506 g/mol. The quantitative estimate of drug-likeness (QED) is 0.453. The molecule has 0 aliphatic rings. The largest absolute Gasteiger partial charge is 0.486 e. The predicted molar refractivity (Wildman–Crippen MR) is 129 cm³/mol. The van der Waals surface area contributed by atoms with Crippen molar-refractivity contribution in [1.29, 1.82) is 0 Å². The van der Waals surface area contributed by atoms with Gasteiger partial charge in [0, 0.05) is 5.56 Å². The van der Waals surface area contributed by atoms with Gasteiger partial charge in [-0.2, -0.15) is 13.5 Å². The molecule has 0 aliphatic carbocycles. The van der Waals surface area contributed by atoms with Crippen molar-refractivity contribution in [2.45, 2.75) is 57.8 Å². The first-order chi connectivity index (χ1) is 15.8. The minimum Gasteiger partial charge on any atom is -0.486 e. The van der Waals surface area contributed by atoms with Gasteiger partial charge in [0.2, 0.25) is 0 Å². The van der Waals surface area contributed by atoms with Gasteiger partial charge in [0.15, 0.2) is 10.8 Å². The molecule has 0 saturated carbocycles. The van der Waals surface area contributed by atoms with Gasteiger partial charge in [-0.05, 0) is 58.4 Å². The lowest BCUT2D eigenvalue weighted by atomic mass is 10.1. The second kappa shape index (κ2) is 9.77. The number of nitrogens with zero attached hydrogens (tertiary/aromatic N) is 2. The Morgan fingerprint density at radius 3 is 2.38 bits per heavy atom. The molecule has 182 valence electrons. The SMILES string of the molecule is Cc1ccc(S(=O)(=O)O)c(C(C)Oc2ccc(COc3cnn(C(C)(C)C)c(=O)c3Cl)cc2)c1. The third-order valence-corrected chi connectivity index (χ3v) is 6.31. The van der Waals surface area contributed by atoms with Crippen LogP contribution >= 0.6 is 11.6 Å². The Labute approximate surface area is 203 Å². The van der Waals surface area contributed by atoms with Gasteiger partial charge in [-0.1, -0.05) is 41.4 Å². The van der Waals surface area contributed by atoms with Crippen molar-refractivity contribution in [3.63, 3.8) is 0 Å². The standard InChI is InChI=1S/C24H27ClN2O6S/c1-15-6-11-21(34(29,30)31)19(12-15)16(2)33-18-9-7-17(8-10-18)14-32-20-13-26-27(24(3,4)5)23(28)22(20)25/h6-13,16H,14H2,1-5H3,(H,29,30,31). The smallest absolute Gasteiger partial charge is 0.294 e. The first-order valence-corrected chi connectivity index (χ1v) is 12.3. The number of aromatic nitrogens is 2. The van der Waals surface area contributed by atoms with E-state index < -0.39 is 27.3 Å². The van der Waals surface area contributed by atoms with Crippen LogP contribution in [0.15, 0.2) is 58.4 Å². The van der Waals surface area contributed by atoms with Gasteiger partial charge >= 0.3 is 0 Å². The molecule has 3 aromatic rings. The van der Waals surface area contributed by atoms with E-state index in [1.165, 1.54) is 16.9 Å². The third-order valence-electron chi connectivity index (χ3n) is 5.03. The maximum atomic E-state index is 12.4. The van der Waals surface area contributed by atoms with Crippen LogP contribution in [0.5, 0.6) is 11.5 Å². The zero-order chi connectivity index (χ0) is 25.3. The molecule has 0 bridgehead atoms. The van der Waals surface area contributed by atoms with Crippen molar-refractivity contribution in [3.05, 3.63) is 80.7 Å². The molecule has 2 aromatic carbocycles. The molecule has 8 nitrogen and oxygen atoms in total. The summed E-state index contributed by atoms with van der Waals surface area (Å²) in [4.78, 5) is 12.3. The number of ether oxygens (including phenoxy) is 2. The molecule has 0 saturated heterocycles. The van der Waals surface area contributed by atoms with Crippen molar-refractivity contribution in [3.8, 4) is 11.5 Å². The second-order valence-electron chi connectivity index (χ2n) is 8.92. The van der Waals surface area contributed by atoms with E-state index in [4.69, 9.17) is 21.1 Å². The van der Waals surface area contributed by atoms with Crippen LogP contribution in [0.4, 0.5) is 0 Å². The fourth-order valence-corrected chi connectivity index (χ4v) is 4.26. The van der Waals surface area contributed by atoms with Crippen LogP contribution in [0.25, 0.3) is 0 Å². The van der Waals surface area contributed by atoms with Gasteiger partial charge in [-0.25, -0.2) is 4.68 Å². The highest BCUT2D eigenvalue weighted by atomic mass is 35.5. The van der Waals surface area contributed by atoms with Gasteiger partial charge in [-0.3, -0.25) is 9.35 Å². The number of hydrogen-bond acceptors (Lipinski definition) is 6. The lowest BCUT2D eigenvalue weighted by Gasteiger charge is -2.21. The van der Waals surface area contributed by atoms with Crippen LogP contribution in [0.1, 0.15) is 50.5 Å². The summed E-state index contributed by atoms with van der Waals surface area (Å²) in [6.45, 7) is 9.24. The highest BCUT2D eigenvalue weighted by Crippen LogP contribution is 2.28. The molecule has 34 heavy (non-hydrogen) atoms. The minimum absolute atomic E-state index is 0.0357. The highest BCUT2D eigenvalue weighted by molar-refractivity contribution is 7.85. The summed E-state index contributed by atoms with van der Waals surface area (Å²) in [5.74, 6) is 0.699. The summed E-state index contributed by atoms with van der Waals surface area (Å²) >= 11 is 6.19. The van der Waals surface area contributed by atoms with E-state index in [-0.39, 0.29) is 22.3 Å². The predicted octanol–water partition coefficient (Wildman–Crippen LogP) is 4.93. The van der Waals surface area contributed by atoms with Crippen LogP contribution in [-0.4, -0.2) is 22.8 Å². The first kappa shape index (κ1) is 25.7. The molecule has 1 heterocycles. The molecule has 0 fully saturated rings. The Morgan fingerprint density at radius 2 is 1.79 bits per heavy atom. The van der Waals surface area contributed by atoms with E-state index in [1.807, 2.05) is 27.7 Å². The lowest BCUT2D eigenvalue weighted by Crippen LogP contribution is -2.36. The second-order valence-corrected chi connectivity index (χ2v) is 10.7. The number of benzene rings is 2. The molecule has 3 rings (SSSR count). The fourth-order valence-electron chi connectivity index (χ4n) is 3.31. The lowest BCUT2D eigenvalue weighted by molar-refractivity contribution is 0.223. The van der Waals surface area contributed by atoms with E-state index in [0.717, 1.165) is 11.1 Å². The molecular formula is C24H27ClN2O6S. The van der Waals surface area contributed by atoms with Crippen molar-refractivity contribution in [2.24, 2.45) is 0 Å². The third kappa shape index (κ3) is 5.97. The van der Waals surface area contributed by atoms with Crippen LogP contribution in [0, 0.1) is 6.92 Å². The number of rotatable bonds is 7. The Balaban J connectivity index is 1.71. The summed E-state index contributed by atoms with van der Waals surface area (Å²) in [5.41, 5.74) is 1.07. The Kier molecular flexibility index (Phi) is 7.40. The van der Waals surface area contributed by atoms with E-state index >= 15 is 0 Å². The van der Waals surface area contributed by atoms with E-state index in [9.17, 15) is 17.8 Å². The van der Waals surface area contributed by atoms with Gasteiger partial charge in [0.1, 0.15) is 23.4 Å². The fraction of sp³-hybridized carbons (Fsp3) is 0.333. The number of hydrogen-bond donors (Lipinski definition) is 1. The van der Waals surface area contributed by atoms with E-state index in [2.05, 4.69) is 5.10 Å². The maximum absolute atomic E-state index is 12.4. The Hall–Kier alpha value is -2.88. The van der Waals surface area contributed by atoms with Crippen molar-refractivity contribution in [2.75, 3.05) is 0 Å². The summed E-state index contributed by atoms with van der Waals surface area (Å²) in [7, 11) is -4.38. The van der Waals surface area contributed by atoms with Crippen molar-refractivity contribution >= 4 is 21.7 Å². The average molecular weight is 507 g/mol. The van der Waals surface area contributed by atoms with Crippen molar-refractivity contribution in [1.82, 2.24) is 9.78 Å².